The van der Waals surface area contributed by atoms with Gasteiger partial charge in [0, 0.05) is 29.3 Å². The summed E-state index contributed by atoms with van der Waals surface area (Å²) in [7, 11) is 2.23. The Hall–Kier alpha value is -0.550. The number of alkyl halides is 1. The number of hydrogen-bond acceptors (Lipinski definition) is 4. The van der Waals surface area contributed by atoms with Gasteiger partial charge in [-0.1, -0.05) is 24.3 Å². The number of rotatable bonds is 5. The second-order valence-corrected chi connectivity index (χ2v) is 7.68. The molecule has 5 heteroatoms. The predicted octanol–water partition coefficient (Wildman–Crippen LogP) is 4.49. The molecule has 2 nitrogen and oxygen atoms in total. The molecule has 1 aliphatic heterocycles. The van der Waals surface area contributed by atoms with Gasteiger partial charge in [0.05, 0.1) is 11.6 Å². The van der Waals surface area contributed by atoms with Crippen molar-refractivity contribution in [3.05, 3.63) is 40.9 Å². The molecule has 1 fully saturated rings. The van der Waals surface area contributed by atoms with E-state index in [1.54, 1.807) is 11.3 Å². The van der Waals surface area contributed by atoms with E-state index in [0.717, 1.165) is 23.3 Å². The summed E-state index contributed by atoms with van der Waals surface area (Å²) in [4.78, 5) is 7.00. The van der Waals surface area contributed by atoms with Gasteiger partial charge in [0.25, 0.3) is 0 Å². The number of benzene rings is 1. The Morgan fingerprint density at radius 2 is 2.14 bits per heavy atom. The number of aromatic nitrogens is 1. The maximum atomic E-state index is 5.81. The molecule has 1 aliphatic rings. The lowest BCUT2D eigenvalue weighted by atomic mass is 10.1. The average Bonchev–Trinajstić information content (AvgIpc) is 3.19. The van der Waals surface area contributed by atoms with Gasteiger partial charge in [-0.3, -0.25) is 4.90 Å². The van der Waals surface area contributed by atoms with E-state index < -0.39 is 0 Å². The summed E-state index contributed by atoms with van der Waals surface area (Å²) < 4.78 is 0. The van der Waals surface area contributed by atoms with E-state index in [9.17, 15) is 0 Å². The monoisotopic (exact) mass is 338 g/mol. The topological polar surface area (TPSA) is 16.1 Å². The van der Waals surface area contributed by atoms with Crippen molar-refractivity contribution in [2.24, 2.45) is 0 Å². The molecule has 2 aromatic rings. The van der Waals surface area contributed by atoms with Crippen LogP contribution in [0, 0.1) is 0 Å². The molecule has 21 heavy (non-hydrogen) atoms. The number of nitrogens with zero attached hydrogens (tertiary/aromatic N) is 2. The summed E-state index contributed by atoms with van der Waals surface area (Å²) in [6.45, 7) is 1.02. The highest BCUT2D eigenvalue weighted by molar-refractivity contribution is 7.99. The second-order valence-electron chi connectivity index (χ2n) is 5.41. The summed E-state index contributed by atoms with van der Waals surface area (Å²) in [5, 5.41) is 3.08. The normalized spacial score (nSPS) is 18.5. The molecular formula is C16H19ClN2S2. The molecule has 1 saturated heterocycles. The van der Waals surface area contributed by atoms with Crippen LogP contribution in [0.15, 0.2) is 29.6 Å². The molecule has 2 heterocycles. The molecule has 0 aliphatic carbocycles. The average molecular weight is 339 g/mol. The Morgan fingerprint density at radius 1 is 1.33 bits per heavy atom. The number of thioether (sulfide) groups is 1. The lowest BCUT2D eigenvalue weighted by Gasteiger charge is -2.23. The van der Waals surface area contributed by atoms with Gasteiger partial charge in [0.15, 0.2) is 0 Å². The SMILES string of the molecule is CN(Cc1ccc(-c2nc(CCl)cs2)cc1)C1CCSC1. The van der Waals surface area contributed by atoms with Gasteiger partial charge in [-0.25, -0.2) is 4.98 Å². The zero-order valence-corrected chi connectivity index (χ0v) is 14.5. The van der Waals surface area contributed by atoms with Crippen molar-refractivity contribution in [3.8, 4) is 10.6 Å². The lowest BCUT2D eigenvalue weighted by Crippen LogP contribution is -2.30. The molecular weight excluding hydrogens is 320 g/mol. The predicted molar refractivity (Wildman–Crippen MR) is 94.3 cm³/mol. The van der Waals surface area contributed by atoms with Gasteiger partial charge in [-0.15, -0.1) is 22.9 Å². The Labute approximate surface area is 139 Å². The molecule has 1 unspecified atom stereocenters. The zero-order valence-electron chi connectivity index (χ0n) is 12.1. The summed E-state index contributed by atoms with van der Waals surface area (Å²) in [5.74, 6) is 3.06. The quantitative estimate of drug-likeness (QED) is 0.747. The van der Waals surface area contributed by atoms with E-state index in [-0.39, 0.29) is 0 Å². The Morgan fingerprint density at radius 3 is 2.76 bits per heavy atom. The highest BCUT2D eigenvalue weighted by atomic mass is 35.5. The Kier molecular flexibility index (Phi) is 5.22. The minimum Gasteiger partial charge on any atom is -0.298 e. The van der Waals surface area contributed by atoms with Gasteiger partial charge < -0.3 is 0 Å². The van der Waals surface area contributed by atoms with E-state index in [4.69, 9.17) is 11.6 Å². The first-order valence-corrected chi connectivity index (χ1v) is 9.71. The van der Waals surface area contributed by atoms with Crippen LogP contribution >= 0.6 is 34.7 Å². The van der Waals surface area contributed by atoms with Crippen LogP contribution in [0.25, 0.3) is 10.6 Å². The maximum Gasteiger partial charge on any atom is 0.123 e. The van der Waals surface area contributed by atoms with Crippen molar-refractivity contribution >= 4 is 34.7 Å². The van der Waals surface area contributed by atoms with Crippen LogP contribution in [0.4, 0.5) is 0 Å². The molecule has 112 valence electrons. The number of halogens is 1. The van der Waals surface area contributed by atoms with Crippen LogP contribution in [-0.4, -0.2) is 34.5 Å². The van der Waals surface area contributed by atoms with Crippen molar-refractivity contribution in [2.75, 3.05) is 18.6 Å². The molecule has 0 spiro atoms. The van der Waals surface area contributed by atoms with E-state index in [2.05, 4.69) is 53.0 Å². The van der Waals surface area contributed by atoms with E-state index in [1.165, 1.54) is 29.1 Å². The molecule has 3 rings (SSSR count). The van der Waals surface area contributed by atoms with Crippen molar-refractivity contribution in [2.45, 2.75) is 24.9 Å². The first-order chi connectivity index (χ1) is 10.3. The van der Waals surface area contributed by atoms with Crippen molar-refractivity contribution in [3.63, 3.8) is 0 Å². The van der Waals surface area contributed by atoms with Crippen LogP contribution in [0.1, 0.15) is 17.7 Å². The zero-order chi connectivity index (χ0) is 14.7. The third kappa shape index (κ3) is 3.81. The summed E-state index contributed by atoms with van der Waals surface area (Å²) in [6.07, 6.45) is 1.32. The largest absolute Gasteiger partial charge is 0.298 e. The fraction of sp³-hybridized carbons (Fsp3) is 0.438. The molecule has 1 aromatic carbocycles. The van der Waals surface area contributed by atoms with Crippen LogP contribution in [-0.2, 0) is 12.4 Å². The van der Waals surface area contributed by atoms with Crippen LogP contribution in [0.2, 0.25) is 0 Å². The molecule has 0 N–H and O–H groups in total. The minimum absolute atomic E-state index is 0.485. The van der Waals surface area contributed by atoms with Gasteiger partial charge in [-0.2, -0.15) is 11.8 Å². The number of thiazole rings is 1. The summed E-state index contributed by atoms with van der Waals surface area (Å²) in [6, 6.07) is 9.51. The van der Waals surface area contributed by atoms with Gasteiger partial charge in [-0.05, 0) is 24.8 Å². The highest BCUT2D eigenvalue weighted by Crippen LogP contribution is 2.26. The van der Waals surface area contributed by atoms with Crippen molar-refractivity contribution < 1.29 is 0 Å². The van der Waals surface area contributed by atoms with E-state index in [1.807, 2.05) is 5.38 Å². The molecule has 0 saturated carbocycles. The second kappa shape index (κ2) is 7.14. The molecule has 0 radical (unpaired) electrons. The van der Waals surface area contributed by atoms with Gasteiger partial charge in [0.2, 0.25) is 0 Å². The molecule has 1 atom stereocenters. The summed E-state index contributed by atoms with van der Waals surface area (Å²) >= 11 is 9.53. The van der Waals surface area contributed by atoms with E-state index >= 15 is 0 Å². The first-order valence-electron chi connectivity index (χ1n) is 7.14. The first kappa shape index (κ1) is 15.3. The lowest BCUT2D eigenvalue weighted by molar-refractivity contribution is 0.254. The van der Waals surface area contributed by atoms with Crippen molar-refractivity contribution in [1.82, 2.24) is 9.88 Å². The molecule has 0 amide bonds. The van der Waals surface area contributed by atoms with Gasteiger partial charge >= 0.3 is 0 Å². The summed E-state index contributed by atoms with van der Waals surface area (Å²) in [5.41, 5.74) is 3.51. The van der Waals surface area contributed by atoms with Crippen molar-refractivity contribution in [1.29, 1.82) is 0 Å². The fourth-order valence-corrected chi connectivity index (χ4v) is 4.89. The van der Waals surface area contributed by atoms with Crippen LogP contribution in [0.5, 0.6) is 0 Å². The Balaban J connectivity index is 1.66. The highest BCUT2D eigenvalue weighted by Gasteiger charge is 2.19. The molecule has 1 aromatic heterocycles. The third-order valence-corrected chi connectivity index (χ3v) is 6.21. The maximum absolute atomic E-state index is 5.81. The fourth-order valence-electron chi connectivity index (χ4n) is 2.54. The third-order valence-electron chi connectivity index (χ3n) is 3.85. The van der Waals surface area contributed by atoms with Crippen LogP contribution < -0.4 is 0 Å². The minimum atomic E-state index is 0.485. The number of hydrogen-bond donors (Lipinski definition) is 0. The van der Waals surface area contributed by atoms with Crippen LogP contribution in [0.3, 0.4) is 0 Å². The molecule has 0 bridgehead atoms. The smallest absolute Gasteiger partial charge is 0.123 e. The van der Waals surface area contributed by atoms with Gasteiger partial charge in [0.1, 0.15) is 5.01 Å². The standard InChI is InChI=1S/C16H19ClN2S2/c1-19(15-6-7-20-11-15)9-12-2-4-13(5-3-12)16-18-14(8-17)10-21-16/h2-5,10,15H,6-9,11H2,1H3. The van der Waals surface area contributed by atoms with E-state index in [0.29, 0.717) is 5.88 Å². The Bertz CT molecular complexity index is 576.